The average Bonchev–Trinajstić information content (AvgIpc) is 2.95. The Balaban J connectivity index is 1.67. The molecule has 1 aliphatic heterocycles. The molecule has 2 N–H and O–H groups in total. The number of thiazole rings is 1. The molecule has 4 heteroatoms. The van der Waals surface area contributed by atoms with Crippen LogP contribution in [0.4, 0.5) is 5.69 Å². The fraction of sp³-hybridized carbons (Fsp3) is 0.357. The molecule has 1 atom stereocenters. The molecule has 2 aromatic rings. The Kier molecular flexibility index (Phi) is 3.06. The molecular formula is C14H17N3S. The Hall–Kier alpha value is -1.39. The van der Waals surface area contributed by atoms with Crippen LogP contribution in [-0.4, -0.2) is 16.4 Å². The van der Waals surface area contributed by atoms with Gasteiger partial charge in [0, 0.05) is 42.8 Å². The van der Waals surface area contributed by atoms with Gasteiger partial charge in [-0.25, -0.2) is 4.98 Å². The van der Waals surface area contributed by atoms with Crippen molar-refractivity contribution in [3.8, 4) is 0 Å². The van der Waals surface area contributed by atoms with Crippen molar-refractivity contribution in [1.29, 1.82) is 0 Å². The van der Waals surface area contributed by atoms with Gasteiger partial charge in [0.05, 0.1) is 5.01 Å². The van der Waals surface area contributed by atoms with E-state index in [-0.39, 0.29) is 0 Å². The van der Waals surface area contributed by atoms with Crippen molar-refractivity contribution in [3.05, 3.63) is 45.9 Å². The number of hydrogen-bond donors (Lipinski definition) is 1. The molecule has 0 radical (unpaired) electrons. The van der Waals surface area contributed by atoms with Crippen LogP contribution in [0.5, 0.6) is 0 Å². The summed E-state index contributed by atoms with van der Waals surface area (Å²) in [6.45, 7) is 5.35. The van der Waals surface area contributed by atoms with Gasteiger partial charge in [-0.15, -0.1) is 11.3 Å². The van der Waals surface area contributed by atoms with Crippen LogP contribution in [0.1, 0.15) is 29.0 Å². The highest BCUT2D eigenvalue weighted by Gasteiger charge is 2.21. The minimum atomic E-state index is 0.497. The van der Waals surface area contributed by atoms with Crippen molar-refractivity contribution >= 4 is 17.0 Å². The van der Waals surface area contributed by atoms with Crippen LogP contribution in [0, 0.1) is 0 Å². The second-order valence-electron chi connectivity index (χ2n) is 4.97. The first-order valence-corrected chi connectivity index (χ1v) is 7.09. The highest BCUT2D eigenvalue weighted by molar-refractivity contribution is 7.09. The van der Waals surface area contributed by atoms with Gasteiger partial charge in [-0.3, -0.25) is 4.90 Å². The van der Waals surface area contributed by atoms with E-state index in [0.717, 1.165) is 25.3 Å². The van der Waals surface area contributed by atoms with Gasteiger partial charge < -0.3 is 5.73 Å². The van der Waals surface area contributed by atoms with Crippen molar-refractivity contribution in [2.45, 2.75) is 25.9 Å². The van der Waals surface area contributed by atoms with Crippen molar-refractivity contribution in [2.24, 2.45) is 0 Å². The third kappa shape index (κ3) is 2.26. The van der Waals surface area contributed by atoms with Crippen LogP contribution in [0.3, 0.4) is 0 Å². The molecule has 3 rings (SSSR count). The molecule has 0 saturated carbocycles. The second kappa shape index (κ2) is 4.71. The highest BCUT2D eigenvalue weighted by Crippen LogP contribution is 2.27. The molecule has 0 saturated heterocycles. The first-order valence-electron chi connectivity index (χ1n) is 6.21. The van der Waals surface area contributed by atoms with Crippen LogP contribution < -0.4 is 5.73 Å². The molecule has 2 heterocycles. The minimum Gasteiger partial charge on any atom is -0.399 e. The smallest absolute Gasteiger partial charge is 0.0965 e. The SMILES string of the molecule is CC(CN1Cc2ccc(N)cc2C1)c1nccs1. The van der Waals surface area contributed by atoms with Crippen molar-refractivity contribution in [2.75, 3.05) is 12.3 Å². The van der Waals surface area contributed by atoms with E-state index in [0.29, 0.717) is 5.92 Å². The van der Waals surface area contributed by atoms with Gasteiger partial charge >= 0.3 is 0 Å². The summed E-state index contributed by atoms with van der Waals surface area (Å²) in [5.41, 5.74) is 9.48. The Bertz CT molecular complexity index is 536. The number of anilines is 1. The standard InChI is InChI=1S/C14H17N3S/c1-10(14-16-4-5-18-14)7-17-8-11-2-3-13(15)6-12(11)9-17/h2-6,10H,7-9,15H2,1H3. The first kappa shape index (κ1) is 11.7. The van der Waals surface area contributed by atoms with E-state index in [2.05, 4.69) is 28.9 Å². The summed E-state index contributed by atoms with van der Waals surface area (Å²) in [6, 6.07) is 6.24. The van der Waals surface area contributed by atoms with Crippen molar-refractivity contribution in [3.63, 3.8) is 0 Å². The van der Waals surface area contributed by atoms with Crippen molar-refractivity contribution in [1.82, 2.24) is 9.88 Å². The van der Waals surface area contributed by atoms with E-state index in [1.54, 1.807) is 11.3 Å². The predicted molar refractivity (Wildman–Crippen MR) is 75.5 cm³/mol. The lowest BCUT2D eigenvalue weighted by atomic mass is 10.1. The largest absolute Gasteiger partial charge is 0.399 e. The zero-order valence-electron chi connectivity index (χ0n) is 10.5. The second-order valence-corrected chi connectivity index (χ2v) is 5.90. The number of nitrogens with zero attached hydrogens (tertiary/aromatic N) is 2. The van der Waals surface area contributed by atoms with Gasteiger partial charge in [0.15, 0.2) is 0 Å². The van der Waals surface area contributed by atoms with Crippen LogP contribution in [0.15, 0.2) is 29.8 Å². The van der Waals surface area contributed by atoms with Crippen molar-refractivity contribution < 1.29 is 0 Å². The zero-order chi connectivity index (χ0) is 12.5. The van der Waals surface area contributed by atoms with Gasteiger partial charge in [0.2, 0.25) is 0 Å². The van der Waals surface area contributed by atoms with Gasteiger partial charge in [0.1, 0.15) is 0 Å². The summed E-state index contributed by atoms with van der Waals surface area (Å²) < 4.78 is 0. The van der Waals surface area contributed by atoms with Gasteiger partial charge in [-0.1, -0.05) is 13.0 Å². The monoisotopic (exact) mass is 259 g/mol. The van der Waals surface area contributed by atoms with E-state index in [4.69, 9.17) is 5.73 Å². The fourth-order valence-electron chi connectivity index (χ4n) is 2.56. The number of nitrogens with two attached hydrogens (primary N) is 1. The molecule has 94 valence electrons. The quantitative estimate of drug-likeness (QED) is 0.862. The van der Waals surface area contributed by atoms with E-state index in [1.165, 1.54) is 16.1 Å². The third-order valence-corrected chi connectivity index (χ3v) is 4.43. The molecule has 0 amide bonds. The third-order valence-electron chi connectivity index (χ3n) is 3.42. The number of nitrogen functional groups attached to an aromatic ring is 1. The lowest BCUT2D eigenvalue weighted by Crippen LogP contribution is -2.22. The van der Waals surface area contributed by atoms with E-state index in [1.807, 2.05) is 17.6 Å². The molecule has 1 aromatic heterocycles. The Morgan fingerprint density at radius 1 is 1.39 bits per heavy atom. The average molecular weight is 259 g/mol. The molecule has 1 aromatic carbocycles. The van der Waals surface area contributed by atoms with E-state index in [9.17, 15) is 0 Å². The van der Waals surface area contributed by atoms with Gasteiger partial charge in [-0.05, 0) is 23.3 Å². The van der Waals surface area contributed by atoms with Crippen LogP contribution in [-0.2, 0) is 13.1 Å². The Morgan fingerprint density at radius 3 is 3.00 bits per heavy atom. The molecule has 1 unspecified atom stereocenters. The number of fused-ring (bicyclic) bond motifs is 1. The van der Waals surface area contributed by atoms with Gasteiger partial charge in [0.25, 0.3) is 0 Å². The summed E-state index contributed by atoms with van der Waals surface area (Å²) in [4.78, 5) is 6.86. The molecule has 0 fully saturated rings. The molecular weight excluding hydrogens is 242 g/mol. The highest BCUT2D eigenvalue weighted by atomic mass is 32.1. The number of aromatic nitrogens is 1. The molecule has 1 aliphatic rings. The van der Waals surface area contributed by atoms with Crippen LogP contribution in [0.2, 0.25) is 0 Å². The van der Waals surface area contributed by atoms with Gasteiger partial charge in [-0.2, -0.15) is 0 Å². The molecule has 18 heavy (non-hydrogen) atoms. The summed E-state index contributed by atoms with van der Waals surface area (Å²) in [5.74, 6) is 0.497. The summed E-state index contributed by atoms with van der Waals surface area (Å²) in [6.07, 6.45) is 1.88. The Labute approximate surface area is 111 Å². The maximum atomic E-state index is 5.83. The predicted octanol–water partition coefficient (Wildman–Crippen LogP) is 2.84. The summed E-state index contributed by atoms with van der Waals surface area (Å²) in [7, 11) is 0. The number of hydrogen-bond acceptors (Lipinski definition) is 4. The number of rotatable bonds is 3. The van der Waals surface area contributed by atoms with Crippen LogP contribution >= 0.6 is 11.3 Å². The molecule has 0 aliphatic carbocycles. The maximum absolute atomic E-state index is 5.83. The molecule has 0 spiro atoms. The summed E-state index contributed by atoms with van der Waals surface area (Å²) >= 11 is 1.74. The first-order chi connectivity index (χ1) is 8.72. The number of benzene rings is 1. The Morgan fingerprint density at radius 2 is 2.22 bits per heavy atom. The van der Waals surface area contributed by atoms with Crippen LogP contribution in [0.25, 0.3) is 0 Å². The molecule has 3 nitrogen and oxygen atoms in total. The zero-order valence-corrected chi connectivity index (χ0v) is 11.3. The molecule has 0 bridgehead atoms. The normalized spacial score (nSPS) is 16.7. The minimum absolute atomic E-state index is 0.497. The van der Waals surface area contributed by atoms with E-state index < -0.39 is 0 Å². The lowest BCUT2D eigenvalue weighted by molar-refractivity contribution is 0.269. The van der Waals surface area contributed by atoms with E-state index >= 15 is 0 Å². The maximum Gasteiger partial charge on any atom is 0.0965 e. The fourth-order valence-corrected chi connectivity index (χ4v) is 3.25. The topological polar surface area (TPSA) is 42.1 Å². The lowest BCUT2D eigenvalue weighted by Gasteiger charge is -2.18. The summed E-state index contributed by atoms with van der Waals surface area (Å²) in [5, 5.41) is 3.27.